The van der Waals surface area contributed by atoms with E-state index in [0.717, 1.165) is 0 Å². The minimum atomic E-state index is -3.74. The average Bonchev–Trinajstić information content (AvgIpc) is 2.77. The summed E-state index contributed by atoms with van der Waals surface area (Å²) in [6.07, 6.45) is 1.22. The van der Waals surface area contributed by atoms with Crippen molar-refractivity contribution in [3.05, 3.63) is 41.7 Å². The Hall–Kier alpha value is -1.91. The number of nitrogens with one attached hydrogen (secondary N) is 2. The Kier molecular flexibility index (Phi) is 4.03. The Morgan fingerprint density at radius 2 is 1.81 bits per heavy atom. The van der Waals surface area contributed by atoms with Gasteiger partial charge >= 0.3 is 0 Å². The third kappa shape index (κ3) is 4.03. The second-order valence-corrected chi connectivity index (χ2v) is 7.73. The summed E-state index contributed by atoms with van der Waals surface area (Å²) in [7, 11) is -7.35. The van der Waals surface area contributed by atoms with Crippen molar-refractivity contribution in [2.24, 2.45) is 5.14 Å². The fraction of sp³-hybridized carbons (Fsp3) is 0.182. The number of anilines is 1. The van der Waals surface area contributed by atoms with Gasteiger partial charge in [0.05, 0.1) is 17.6 Å². The molecule has 0 atom stereocenters. The zero-order chi connectivity index (χ0) is 15.7. The molecule has 0 saturated heterocycles. The molecule has 8 nitrogen and oxygen atoms in total. The van der Waals surface area contributed by atoms with Gasteiger partial charge in [-0.05, 0) is 24.6 Å². The van der Waals surface area contributed by atoms with Crippen LogP contribution < -0.4 is 9.86 Å². The number of rotatable bonds is 5. The number of aromatic nitrogens is 2. The van der Waals surface area contributed by atoms with Crippen LogP contribution in [0.2, 0.25) is 0 Å². The summed E-state index contributed by atoms with van der Waals surface area (Å²) in [4.78, 5) is 0.0520. The van der Waals surface area contributed by atoms with Crippen molar-refractivity contribution in [1.82, 2.24) is 10.2 Å². The van der Waals surface area contributed by atoms with Crippen LogP contribution in [-0.4, -0.2) is 27.0 Å². The molecule has 0 radical (unpaired) electrons. The van der Waals surface area contributed by atoms with E-state index in [9.17, 15) is 16.8 Å². The van der Waals surface area contributed by atoms with E-state index in [4.69, 9.17) is 5.14 Å². The normalized spacial score (nSPS) is 12.3. The van der Waals surface area contributed by atoms with Crippen molar-refractivity contribution in [3.8, 4) is 0 Å². The largest absolute Gasteiger partial charge is 0.281 e. The van der Waals surface area contributed by atoms with Crippen molar-refractivity contribution in [1.29, 1.82) is 0 Å². The van der Waals surface area contributed by atoms with Crippen LogP contribution in [0.25, 0.3) is 0 Å². The Balaban J connectivity index is 2.19. The molecule has 10 heteroatoms. The van der Waals surface area contributed by atoms with Crippen LogP contribution in [0.1, 0.15) is 11.3 Å². The first-order valence-corrected chi connectivity index (χ1v) is 8.99. The van der Waals surface area contributed by atoms with Crippen LogP contribution in [0.3, 0.4) is 0 Å². The van der Waals surface area contributed by atoms with Gasteiger partial charge in [-0.15, -0.1) is 0 Å². The van der Waals surface area contributed by atoms with E-state index in [0.29, 0.717) is 16.9 Å². The molecule has 2 rings (SSSR count). The third-order valence-corrected chi connectivity index (χ3v) is 4.88. The van der Waals surface area contributed by atoms with Crippen LogP contribution in [-0.2, 0) is 25.8 Å². The van der Waals surface area contributed by atoms with Gasteiger partial charge < -0.3 is 0 Å². The molecule has 0 aliphatic carbocycles. The van der Waals surface area contributed by atoms with Crippen LogP contribution in [0.15, 0.2) is 35.4 Å². The van der Waals surface area contributed by atoms with Crippen LogP contribution >= 0.6 is 0 Å². The molecule has 114 valence electrons. The molecule has 0 saturated carbocycles. The first kappa shape index (κ1) is 15.5. The Morgan fingerprint density at radius 3 is 2.29 bits per heavy atom. The number of sulfonamides is 2. The van der Waals surface area contributed by atoms with E-state index < -0.39 is 20.0 Å². The summed E-state index contributed by atoms with van der Waals surface area (Å²) < 4.78 is 48.5. The molecule has 0 amide bonds. The second-order valence-electron chi connectivity index (χ2n) is 4.47. The SMILES string of the molecule is Cc1[nH]ncc1S(=O)(=O)Nc1ccc(CS(N)(=O)=O)cc1. The summed E-state index contributed by atoms with van der Waals surface area (Å²) in [6, 6.07) is 5.91. The summed E-state index contributed by atoms with van der Waals surface area (Å²) in [5.41, 5.74) is 1.21. The van der Waals surface area contributed by atoms with Gasteiger partial charge in [-0.2, -0.15) is 5.10 Å². The zero-order valence-corrected chi connectivity index (χ0v) is 12.7. The van der Waals surface area contributed by atoms with Crippen molar-refractivity contribution >= 4 is 25.7 Å². The first-order chi connectivity index (χ1) is 9.67. The number of H-pyrrole nitrogens is 1. The number of hydrogen-bond donors (Lipinski definition) is 3. The molecule has 0 spiro atoms. The Labute approximate surface area is 122 Å². The van der Waals surface area contributed by atoms with Gasteiger partial charge in [0.15, 0.2) is 0 Å². The molecular weight excluding hydrogens is 316 g/mol. The number of aryl methyl sites for hydroxylation is 1. The van der Waals surface area contributed by atoms with Gasteiger partial charge in [0.2, 0.25) is 10.0 Å². The molecule has 2 aromatic rings. The molecule has 4 N–H and O–H groups in total. The number of benzene rings is 1. The number of nitrogens with zero attached hydrogens (tertiary/aromatic N) is 1. The standard InChI is InChI=1S/C11H14N4O4S2/c1-8-11(6-13-14-8)21(18,19)15-10-4-2-9(3-5-10)7-20(12,16)17/h2-6,15H,7H2,1H3,(H,13,14)(H2,12,16,17). The number of nitrogens with two attached hydrogens (primary N) is 1. The Morgan fingerprint density at radius 1 is 1.19 bits per heavy atom. The number of primary sulfonamides is 1. The monoisotopic (exact) mass is 330 g/mol. The maximum absolute atomic E-state index is 12.1. The van der Waals surface area contributed by atoms with Crippen LogP contribution in [0.5, 0.6) is 0 Å². The molecule has 0 unspecified atom stereocenters. The van der Waals surface area contributed by atoms with Crippen LogP contribution in [0.4, 0.5) is 5.69 Å². The van der Waals surface area contributed by atoms with E-state index >= 15 is 0 Å². The number of hydrogen-bond acceptors (Lipinski definition) is 5. The summed E-state index contributed by atoms with van der Waals surface area (Å²) in [5, 5.41) is 11.1. The highest BCUT2D eigenvalue weighted by Crippen LogP contribution is 2.18. The van der Waals surface area contributed by atoms with Gasteiger partial charge in [-0.25, -0.2) is 22.0 Å². The first-order valence-electron chi connectivity index (χ1n) is 5.79. The fourth-order valence-corrected chi connectivity index (χ4v) is 3.58. The summed E-state index contributed by atoms with van der Waals surface area (Å²) in [6.45, 7) is 1.59. The van der Waals surface area contributed by atoms with Gasteiger partial charge in [0, 0.05) is 5.69 Å². The van der Waals surface area contributed by atoms with Crippen molar-refractivity contribution in [2.75, 3.05) is 4.72 Å². The lowest BCUT2D eigenvalue weighted by Crippen LogP contribution is -2.15. The molecule has 21 heavy (non-hydrogen) atoms. The number of aromatic amines is 1. The van der Waals surface area contributed by atoms with E-state index in [1.54, 1.807) is 6.92 Å². The molecule has 1 aromatic carbocycles. The van der Waals surface area contributed by atoms with Crippen molar-refractivity contribution in [2.45, 2.75) is 17.6 Å². The maximum Gasteiger partial charge on any atom is 0.265 e. The highest BCUT2D eigenvalue weighted by Gasteiger charge is 2.18. The maximum atomic E-state index is 12.1. The minimum Gasteiger partial charge on any atom is -0.281 e. The molecule has 1 heterocycles. The predicted octanol–water partition coefficient (Wildman–Crippen LogP) is 0.307. The molecule has 0 aliphatic rings. The fourth-order valence-electron chi connectivity index (χ4n) is 1.72. The van der Waals surface area contributed by atoms with E-state index in [1.807, 2.05) is 0 Å². The lowest BCUT2D eigenvalue weighted by atomic mass is 10.2. The highest BCUT2D eigenvalue weighted by molar-refractivity contribution is 7.92. The highest BCUT2D eigenvalue weighted by atomic mass is 32.2. The predicted molar refractivity (Wildman–Crippen MR) is 77.4 cm³/mol. The molecule has 0 fully saturated rings. The third-order valence-electron chi connectivity index (χ3n) is 2.65. The molecule has 0 aliphatic heterocycles. The van der Waals surface area contributed by atoms with Gasteiger partial charge in [-0.3, -0.25) is 9.82 Å². The van der Waals surface area contributed by atoms with Gasteiger partial charge in [-0.1, -0.05) is 12.1 Å². The quantitative estimate of drug-likeness (QED) is 0.725. The molecule has 1 aromatic heterocycles. The van der Waals surface area contributed by atoms with Gasteiger partial charge in [0.1, 0.15) is 4.90 Å². The van der Waals surface area contributed by atoms with E-state index in [2.05, 4.69) is 14.9 Å². The van der Waals surface area contributed by atoms with Crippen molar-refractivity contribution in [3.63, 3.8) is 0 Å². The lowest BCUT2D eigenvalue weighted by Gasteiger charge is -2.08. The van der Waals surface area contributed by atoms with E-state index in [1.165, 1.54) is 30.5 Å². The van der Waals surface area contributed by atoms with E-state index in [-0.39, 0.29) is 10.6 Å². The molecule has 0 bridgehead atoms. The summed E-state index contributed by atoms with van der Waals surface area (Å²) in [5.74, 6) is -0.305. The smallest absolute Gasteiger partial charge is 0.265 e. The van der Waals surface area contributed by atoms with Crippen LogP contribution in [0, 0.1) is 6.92 Å². The summed E-state index contributed by atoms with van der Waals surface area (Å²) >= 11 is 0. The Bertz CT molecular complexity index is 839. The average molecular weight is 330 g/mol. The van der Waals surface area contributed by atoms with Gasteiger partial charge in [0.25, 0.3) is 10.0 Å². The minimum absolute atomic E-state index is 0.0520. The topological polar surface area (TPSA) is 135 Å². The molecular formula is C11H14N4O4S2. The lowest BCUT2D eigenvalue weighted by molar-refractivity contribution is 0.596. The zero-order valence-electron chi connectivity index (χ0n) is 11.1. The van der Waals surface area contributed by atoms with Crippen molar-refractivity contribution < 1.29 is 16.8 Å². The second kappa shape index (κ2) is 5.47.